The van der Waals surface area contributed by atoms with E-state index in [0.29, 0.717) is 0 Å². The Morgan fingerprint density at radius 1 is 0.512 bits per heavy atom. The van der Waals surface area contributed by atoms with Crippen LogP contribution < -0.4 is 0 Å². The van der Waals surface area contributed by atoms with Gasteiger partial charge in [-0.05, 0) is 106 Å². The molecule has 0 fully saturated rings. The summed E-state index contributed by atoms with van der Waals surface area (Å²) in [4.78, 5) is 17.1. The lowest BCUT2D eigenvalue weighted by Crippen LogP contribution is -1.90. The molecule has 206 valence electrons. The minimum atomic E-state index is 0.783. The Kier molecular flexibility index (Phi) is 8.47. The van der Waals surface area contributed by atoms with Gasteiger partial charge >= 0.3 is 0 Å². The number of allylic oxidation sites excluding steroid dienone is 2. The van der Waals surface area contributed by atoms with E-state index in [-0.39, 0.29) is 0 Å². The van der Waals surface area contributed by atoms with Crippen LogP contribution in [-0.2, 0) is 6.42 Å². The van der Waals surface area contributed by atoms with Gasteiger partial charge in [-0.2, -0.15) is 0 Å². The number of benzene rings is 3. The molecule has 0 atom stereocenters. The van der Waals surface area contributed by atoms with Crippen molar-refractivity contribution >= 4 is 6.21 Å². The van der Waals surface area contributed by atoms with Crippen LogP contribution in [0.4, 0.5) is 0 Å². The fourth-order valence-electron chi connectivity index (χ4n) is 5.13. The summed E-state index contributed by atoms with van der Waals surface area (Å²) in [5.74, 6) is 0. The summed E-state index contributed by atoms with van der Waals surface area (Å²) in [5, 5.41) is 0. The predicted octanol–water partition coefficient (Wildman–Crippen LogP) is 9.52. The molecule has 0 saturated carbocycles. The average Bonchev–Trinajstić information content (AvgIpc) is 3.09. The molecule has 0 bridgehead atoms. The third-order valence-electron chi connectivity index (χ3n) is 7.21. The molecule has 3 aromatic carbocycles. The van der Waals surface area contributed by atoms with Gasteiger partial charge in [0, 0.05) is 66.3 Å². The second-order valence-electron chi connectivity index (χ2n) is 10.1. The van der Waals surface area contributed by atoms with Crippen LogP contribution in [0, 0.1) is 0 Å². The van der Waals surface area contributed by atoms with Crippen molar-refractivity contribution in [3.63, 3.8) is 0 Å². The molecular weight excluding hydrogens is 524 g/mol. The summed E-state index contributed by atoms with van der Waals surface area (Å²) >= 11 is 0. The van der Waals surface area contributed by atoms with E-state index >= 15 is 0 Å². The molecule has 0 unspecified atom stereocenters. The summed E-state index contributed by atoms with van der Waals surface area (Å²) in [5.41, 5.74) is 12.4. The first-order chi connectivity index (χ1) is 21.3. The average molecular weight is 555 g/mol. The maximum atomic E-state index is 4.36. The predicted molar refractivity (Wildman–Crippen MR) is 179 cm³/mol. The molecule has 3 aromatic heterocycles. The summed E-state index contributed by atoms with van der Waals surface area (Å²) in [7, 11) is 0. The number of nitrogens with zero attached hydrogens (tertiary/aromatic N) is 4. The molecule has 0 radical (unpaired) electrons. The van der Waals surface area contributed by atoms with Gasteiger partial charge in [0.05, 0.1) is 0 Å². The highest BCUT2D eigenvalue weighted by Crippen LogP contribution is 2.35. The Hall–Kier alpha value is -5.74. The Balaban J connectivity index is 1.44. The van der Waals surface area contributed by atoms with Gasteiger partial charge in [-0.1, -0.05) is 61.2 Å². The van der Waals surface area contributed by atoms with Gasteiger partial charge in [0.15, 0.2) is 0 Å². The second kappa shape index (κ2) is 13.3. The molecule has 4 heteroatoms. The maximum absolute atomic E-state index is 4.36. The molecule has 6 rings (SSSR count). The zero-order valence-electron chi connectivity index (χ0n) is 23.7. The largest absolute Gasteiger partial charge is 0.265 e. The number of rotatable bonds is 9. The SMILES string of the molecule is C=C/N=C\C=C/Cc1cc(-c2cccnc2)cc(-c2cccc(-c3cc(-c4cccnc4)cc(-c4cccnc4)c3)c2)c1. The van der Waals surface area contributed by atoms with Crippen molar-refractivity contribution in [2.75, 3.05) is 0 Å². The van der Waals surface area contributed by atoms with Gasteiger partial charge in [0.2, 0.25) is 0 Å². The van der Waals surface area contributed by atoms with Gasteiger partial charge in [-0.3, -0.25) is 19.9 Å². The fourth-order valence-corrected chi connectivity index (χ4v) is 5.13. The highest BCUT2D eigenvalue weighted by Gasteiger charge is 2.10. The van der Waals surface area contributed by atoms with Gasteiger partial charge in [-0.15, -0.1) is 0 Å². The van der Waals surface area contributed by atoms with E-state index in [1.807, 2.05) is 42.9 Å². The van der Waals surface area contributed by atoms with E-state index in [1.54, 1.807) is 24.8 Å². The third-order valence-corrected chi connectivity index (χ3v) is 7.21. The molecule has 0 amide bonds. The third kappa shape index (κ3) is 6.77. The first-order valence-electron chi connectivity index (χ1n) is 14.2. The highest BCUT2D eigenvalue weighted by atomic mass is 14.6. The highest BCUT2D eigenvalue weighted by molar-refractivity contribution is 5.83. The molecular formula is C39H30N4. The molecule has 0 aliphatic heterocycles. The molecule has 4 nitrogen and oxygen atoms in total. The maximum Gasteiger partial charge on any atom is 0.0346 e. The van der Waals surface area contributed by atoms with Crippen molar-refractivity contribution in [2.45, 2.75) is 6.42 Å². The molecule has 0 aliphatic rings. The smallest absolute Gasteiger partial charge is 0.0346 e. The summed E-state index contributed by atoms with van der Waals surface area (Å²) in [6, 6.07) is 34.4. The molecule has 0 saturated heterocycles. The minimum absolute atomic E-state index is 0.783. The lowest BCUT2D eigenvalue weighted by atomic mass is 9.91. The molecule has 6 aromatic rings. The van der Waals surface area contributed by atoms with Crippen molar-refractivity contribution in [3.05, 3.63) is 165 Å². The van der Waals surface area contributed by atoms with Crippen LogP contribution in [0.25, 0.3) is 55.6 Å². The van der Waals surface area contributed by atoms with E-state index in [9.17, 15) is 0 Å². The van der Waals surface area contributed by atoms with Gasteiger partial charge in [0.25, 0.3) is 0 Å². The van der Waals surface area contributed by atoms with E-state index in [1.165, 1.54) is 11.8 Å². The quantitative estimate of drug-likeness (QED) is 0.167. The number of pyridine rings is 3. The van der Waals surface area contributed by atoms with E-state index < -0.39 is 0 Å². The molecule has 0 N–H and O–H groups in total. The standard InChI is InChI=1S/C39H30N4/c1-2-40-15-4-3-9-29-19-35(22-36(20-29)32-12-6-16-41-26-32)30-10-5-11-31(21-30)37-23-38(33-13-7-17-42-27-33)25-39(24-37)34-14-8-18-43-28-34/h2-8,10-28H,1,9H2/b4-3-,40-15-. The molecule has 43 heavy (non-hydrogen) atoms. The van der Waals surface area contributed by atoms with Gasteiger partial charge < -0.3 is 0 Å². The number of aromatic nitrogens is 3. The normalized spacial score (nSPS) is 11.3. The first kappa shape index (κ1) is 27.4. The lowest BCUT2D eigenvalue weighted by Gasteiger charge is -2.13. The van der Waals surface area contributed by atoms with Crippen LogP contribution in [0.1, 0.15) is 5.56 Å². The fraction of sp³-hybridized carbons (Fsp3) is 0.0256. The Morgan fingerprint density at radius 3 is 1.40 bits per heavy atom. The van der Waals surface area contributed by atoms with Crippen LogP contribution >= 0.6 is 0 Å². The van der Waals surface area contributed by atoms with Crippen molar-refractivity contribution < 1.29 is 0 Å². The van der Waals surface area contributed by atoms with Crippen LogP contribution in [0.15, 0.2) is 164 Å². The monoisotopic (exact) mass is 554 g/mol. The zero-order chi connectivity index (χ0) is 29.3. The molecule has 0 spiro atoms. The Bertz CT molecular complexity index is 1840. The number of aliphatic imine (C=N–C) groups is 1. The van der Waals surface area contributed by atoms with E-state index in [0.717, 1.165) is 62.1 Å². The summed E-state index contributed by atoms with van der Waals surface area (Å²) in [6.45, 7) is 3.63. The van der Waals surface area contributed by atoms with Crippen molar-refractivity contribution in [1.82, 2.24) is 15.0 Å². The summed E-state index contributed by atoms with van der Waals surface area (Å²) in [6.07, 6.45) is 19.3. The van der Waals surface area contributed by atoms with Crippen molar-refractivity contribution in [1.29, 1.82) is 0 Å². The Labute approximate surface area is 252 Å². The van der Waals surface area contributed by atoms with Crippen LogP contribution in [0.5, 0.6) is 0 Å². The van der Waals surface area contributed by atoms with Gasteiger partial charge in [0.1, 0.15) is 0 Å². The topological polar surface area (TPSA) is 51.0 Å². The van der Waals surface area contributed by atoms with Crippen LogP contribution in [0.2, 0.25) is 0 Å². The lowest BCUT2D eigenvalue weighted by molar-refractivity contribution is 1.27. The number of hydrogen-bond donors (Lipinski definition) is 0. The van der Waals surface area contributed by atoms with E-state index in [4.69, 9.17) is 0 Å². The number of hydrogen-bond acceptors (Lipinski definition) is 4. The van der Waals surface area contributed by atoms with Gasteiger partial charge in [-0.25, -0.2) is 0 Å². The first-order valence-corrected chi connectivity index (χ1v) is 14.2. The summed E-state index contributed by atoms with van der Waals surface area (Å²) < 4.78 is 0. The van der Waals surface area contributed by atoms with E-state index in [2.05, 4.69) is 111 Å². The zero-order valence-corrected chi connectivity index (χ0v) is 23.7. The molecule has 3 heterocycles. The second-order valence-corrected chi connectivity index (χ2v) is 10.1. The van der Waals surface area contributed by atoms with Crippen molar-refractivity contribution in [3.8, 4) is 55.6 Å². The minimum Gasteiger partial charge on any atom is -0.265 e. The Morgan fingerprint density at radius 2 is 0.930 bits per heavy atom. The van der Waals surface area contributed by atoms with Crippen LogP contribution in [-0.4, -0.2) is 21.2 Å². The van der Waals surface area contributed by atoms with Crippen molar-refractivity contribution in [2.24, 2.45) is 4.99 Å². The molecule has 0 aliphatic carbocycles. The van der Waals surface area contributed by atoms with Crippen LogP contribution in [0.3, 0.4) is 0 Å².